The Labute approximate surface area is 147 Å². The number of rotatable bonds is 4. The van der Waals surface area contributed by atoms with Gasteiger partial charge in [0.1, 0.15) is 6.04 Å². The minimum Gasteiger partial charge on any atom is -0.358 e. The number of hydrogen-bond donors (Lipinski definition) is 3. The average Bonchev–Trinajstić information content (AvgIpc) is 3.31. The number of imidazole rings is 1. The molecule has 132 valence electrons. The van der Waals surface area contributed by atoms with Crippen molar-refractivity contribution in [1.29, 1.82) is 0 Å². The zero-order valence-electron chi connectivity index (χ0n) is 14.4. The van der Waals surface area contributed by atoms with Crippen molar-refractivity contribution in [3.8, 4) is 5.69 Å². The molecule has 2 aromatic rings. The second-order valence-electron chi connectivity index (χ2n) is 6.81. The van der Waals surface area contributed by atoms with E-state index in [0.29, 0.717) is 12.0 Å². The van der Waals surface area contributed by atoms with E-state index >= 15 is 0 Å². The summed E-state index contributed by atoms with van der Waals surface area (Å²) in [5.41, 5.74) is 8.85. The smallest absolute Gasteiger partial charge is 0.238 e. The molecule has 3 heterocycles. The molecule has 2 aliphatic heterocycles. The predicted octanol–water partition coefficient (Wildman–Crippen LogP) is 0.285. The SMILES string of the molecule is CNC(=O)C1NNC2CCN(Cc3ccc(-n4ccnc4)cc3)CC21. The van der Waals surface area contributed by atoms with E-state index in [4.69, 9.17) is 0 Å². The van der Waals surface area contributed by atoms with Gasteiger partial charge in [-0.05, 0) is 24.1 Å². The van der Waals surface area contributed by atoms with Gasteiger partial charge in [-0.2, -0.15) is 0 Å². The van der Waals surface area contributed by atoms with E-state index in [1.807, 2.05) is 10.8 Å². The van der Waals surface area contributed by atoms with Crippen LogP contribution in [0.25, 0.3) is 5.69 Å². The van der Waals surface area contributed by atoms with Gasteiger partial charge in [0.05, 0.1) is 6.33 Å². The molecular weight excluding hydrogens is 316 g/mol. The Hall–Kier alpha value is -2.22. The number of piperidine rings is 1. The van der Waals surface area contributed by atoms with Gasteiger partial charge < -0.3 is 9.88 Å². The summed E-state index contributed by atoms with van der Waals surface area (Å²) in [6.45, 7) is 2.87. The molecule has 0 aliphatic carbocycles. The molecule has 7 heteroatoms. The number of nitrogens with zero attached hydrogens (tertiary/aromatic N) is 3. The first-order valence-electron chi connectivity index (χ1n) is 8.77. The quantitative estimate of drug-likeness (QED) is 0.746. The number of hydrazine groups is 1. The van der Waals surface area contributed by atoms with Crippen LogP contribution in [0.4, 0.5) is 0 Å². The summed E-state index contributed by atoms with van der Waals surface area (Å²) < 4.78 is 2.00. The number of carbonyl (C=O) groups is 1. The van der Waals surface area contributed by atoms with Crippen molar-refractivity contribution in [2.45, 2.75) is 25.0 Å². The first kappa shape index (κ1) is 16.3. The fourth-order valence-corrected chi connectivity index (χ4v) is 3.88. The second-order valence-corrected chi connectivity index (χ2v) is 6.81. The lowest BCUT2D eigenvalue weighted by Gasteiger charge is -2.35. The van der Waals surface area contributed by atoms with Gasteiger partial charge in [-0.15, -0.1) is 0 Å². The fraction of sp³-hybridized carbons (Fsp3) is 0.444. The molecule has 1 amide bonds. The van der Waals surface area contributed by atoms with Gasteiger partial charge in [-0.25, -0.2) is 10.4 Å². The number of fused-ring (bicyclic) bond motifs is 1. The Morgan fingerprint density at radius 1 is 1.32 bits per heavy atom. The molecule has 3 N–H and O–H groups in total. The monoisotopic (exact) mass is 340 g/mol. The Kier molecular flexibility index (Phi) is 4.52. The molecule has 0 bridgehead atoms. The Morgan fingerprint density at radius 2 is 2.16 bits per heavy atom. The third-order valence-electron chi connectivity index (χ3n) is 5.27. The standard InChI is InChI=1S/C18H24N6O/c1-19-18(25)17-15-11-23(8-6-16(15)21-22-17)10-13-2-4-14(5-3-13)24-9-7-20-12-24/h2-5,7,9,12,15-17,21-22H,6,8,10-11H2,1H3,(H,19,25). The van der Waals surface area contributed by atoms with Crippen molar-refractivity contribution in [3.05, 3.63) is 48.5 Å². The zero-order chi connectivity index (χ0) is 17.2. The van der Waals surface area contributed by atoms with Gasteiger partial charge in [-0.1, -0.05) is 12.1 Å². The zero-order valence-corrected chi connectivity index (χ0v) is 14.4. The summed E-state index contributed by atoms with van der Waals surface area (Å²) in [6.07, 6.45) is 6.58. The molecule has 0 saturated carbocycles. The molecule has 4 rings (SSSR count). The van der Waals surface area contributed by atoms with Gasteiger partial charge in [0, 0.05) is 56.7 Å². The van der Waals surface area contributed by atoms with Crippen LogP contribution >= 0.6 is 0 Å². The Morgan fingerprint density at radius 3 is 2.88 bits per heavy atom. The largest absolute Gasteiger partial charge is 0.358 e. The highest BCUT2D eigenvalue weighted by atomic mass is 16.2. The average molecular weight is 340 g/mol. The highest BCUT2D eigenvalue weighted by Crippen LogP contribution is 2.25. The summed E-state index contributed by atoms with van der Waals surface area (Å²) in [5.74, 6) is 0.366. The molecule has 1 aromatic carbocycles. The van der Waals surface area contributed by atoms with E-state index in [9.17, 15) is 4.79 Å². The highest BCUT2D eigenvalue weighted by Gasteiger charge is 2.42. The van der Waals surface area contributed by atoms with E-state index in [1.165, 1.54) is 5.56 Å². The van der Waals surface area contributed by atoms with Crippen LogP contribution in [0.5, 0.6) is 0 Å². The van der Waals surface area contributed by atoms with Crippen LogP contribution in [0.3, 0.4) is 0 Å². The topological polar surface area (TPSA) is 74.2 Å². The van der Waals surface area contributed by atoms with Crippen molar-refractivity contribution in [2.24, 2.45) is 5.92 Å². The number of carbonyl (C=O) groups excluding carboxylic acids is 1. The lowest BCUT2D eigenvalue weighted by Crippen LogP contribution is -2.49. The van der Waals surface area contributed by atoms with Crippen LogP contribution < -0.4 is 16.2 Å². The molecule has 3 atom stereocenters. The number of likely N-dealkylation sites (tertiary alicyclic amines) is 1. The van der Waals surface area contributed by atoms with Crippen LogP contribution in [0.15, 0.2) is 43.0 Å². The molecular formula is C18H24N6O. The number of nitrogens with one attached hydrogen (secondary N) is 3. The third kappa shape index (κ3) is 3.30. The van der Waals surface area contributed by atoms with E-state index in [2.05, 4.69) is 50.3 Å². The molecule has 2 saturated heterocycles. The van der Waals surface area contributed by atoms with Gasteiger partial charge in [-0.3, -0.25) is 15.1 Å². The molecule has 25 heavy (non-hydrogen) atoms. The van der Waals surface area contributed by atoms with Crippen LogP contribution in [0.1, 0.15) is 12.0 Å². The maximum Gasteiger partial charge on any atom is 0.238 e. The van der Waals surface area contributed by atoms with Crippen LogP contribution in [-0.2, 0) is 11.3 Å². The van der Waals surface area contributed by atoms with Crippen molar-refractivity contribution in [1.82, 2.24) is 30.6 Å². The first-order valence-corrected chi connectivity index (χ1v) is 8.77. The molecule has 0 spiro atoms. The summed E-state index contributed by atoms with van der Waals surface area (Å²) >= 11 is 0. The Bertz CT molecular complexity index is 714. The maximum atomic E-state index is 12.0. The molecule has 1 aromatic heterocycles. The van der Waals surface area contributed by atoms with Crippen molar-refractivity contribution >= 4 is 5.91 Å². The van der Waals surface area contributed by atoms with E-state index in [0.717, 1.165) is 31.7 Å². The van der Waals surface area contributed by atoms with Crippen LogP contribution in [-0.4, -0.2) is 52.6 Å². The molecule has 2 fully saturated rings. The highest BCUT2D eigenvalue weighted by molar-refractivity contribution is 5.82. The molecule has 7 nitrogen and oxygen atoms in total. The van der Waals surface area contributed by atoms with Crippen molar-refractivity contribution in [3.63, 3.8) is 0 Å². The second kappa shape index (κ2) is 6.95. The van der Waals surface area contributed by atoms with Crippen molar-refractivity contribution in [2.75, 3.05) is 20.1 Å². The molecule has 0 radical (unpaired) electrons. The number of benzene rings is 1. The summed E-state index contributed by atoms with van der Waals surface area (Å²) in [4.78, 5) is 18.6. The van der Waals surface area contributed by atoms with Gasteiger partial charge in [0.25, 0.3) is 0 Å². The normalized spacial score (nSPS) is 26.4. The number of likely N-dealkylation sites (N-methyl/N-ethyl adjacent to an activating group) is 1. The first-order chi connectivity index (χ1) is 12.2. The number of amides is 1. The maximum absolute atomic E-state index is 12.0. The Balaban J connectivity index is 1.40. The minimum absolute atomic E-state index is 0.0616. The van der Waals surface area contributed by atoms with E-state index in [1.54, 1.807) is 19.6 Å². The summed E-state index contributed by atoms with van der Waals surface area (Å²) in [7, 11) is 1.69. The lowest BCUT2D eigenvalue weighted by molar-refractivity contribution is -0.123. The summed E-state index contributed by atoms with van der Waals surface area (Å²) in [6, 6.07) is 8.81. The lowest BCUT2D eigenvalue weighted by atomic mass is 9.88. The van der Waals surface area contributed by atoms with Gasteiger partial charge in [0.15, 0.2) is 0 Å². The van der Waals surface area contributed by atoms with Gasteiger partial charge >= 0.3 is 0 Å². The van der Waals surface area contributed by atoms with Crippen LogP contribution in [0, 0.1) is 5.92 Å². The van der Waals surface area contributed by atoms with Gasteiger partial charge in [0.2, 0.25) is 5.91 Å². The third-order valence-corrected chi connectivity index (χ3v) is 5.27. The molecule has 3 unspecified atom stereocenters. The van der Waals surface area contributed by atoms with E-state index < -0.39 is 0 Å². The van der Waals surface area contributed by atoms with Crippen LogP contribution in [0.2, 0.25) is 0 Å². The predicted molar refractivity (Wildman–Crippen MR) is 94.9 cm³/mol. The number of hydrogen-bond acceptors (Lipinski definition) is 5. The molecule has 2 aliphatic rings. The van der Waals surface area contributed by atoms with E-state index in [-0.39, 0.29) is 11.9 Å². The van der Waals surface area contributed by atoms with Crippen molar-refractivity contribution < 1.29 is 4.79 Å². The minimum atomic E-state index is -0.151. The summed E-state index contributed by atoms with van der Waals surface area (Å²) in [5, 5.41) is 2.76. The fourth-order valence-electron chi connectivity index (χ4n) is 3.88. The number of aromatic nitrogens is 2.